The lowest BCUT2D eigenvalue weighted by Crippen LogP contribution is -2.10. The summed E-state index contributed by atoms with van der Waals surface area (Å²) < 4.78 is 11.5. The SMILES string of the molecule is CC(C)(C)c1coc2cc3o/c(=N\O)c4c(c3cc12)CCC4. The largest absolute Gasteiger partial charge is 0.464 e. The van der Waals surface area contributed by atoms with Crippen LogP contribution in [0.3, 0.4) is 0 Å². The summed E-state index contributed by atoms with van der Waals surface area (Å²) in [6, 6.07) is 4.08. The van der Waals surface area contributed by atoms with Crippen molar-refractivity contribution < 1.29 is 14.0 Å². The smallest absolute Gasteiger partial charge is 0.259 e. The van der Waals surface area contributed by atoms with Gasteiger partial charge in [-0.25, -0.2) is 0 Å². The Hall–Kier alpha value is -2.23. The molecule has 0 saturated carbocycles. The highest BCUT2D eigenvalue weighted by molar-refractivity contribution is 5.97. The van der Waals surface area contributed by atoms with E-state index in [1.165, 1.54) is 11.1 Å². The predicted molar refractivity (Wildman–Crippen MR) is 84.1 cm³/mol. The molecule has 2 heterocycles. The van der Waals surface area contributed by atoms with Crippen molar-refractivity contribution in [3.63, 3.8) is 0 Å². The van der Waals surface area contributed by atoms with Crippen LogP contribution in [0.25, 0.3) is 21.9 Å². The second kappa shape index (κ2) is 4.38. The van der Waals surface area contributed by atoms with Crippen LogP contribution in [0.4, 0.5) is 0 Å². The Morgan fingerprint density at radius 2 is 1.82 bits per heavy atom. The maximum atomic E-state index is 9.19. The van der Waals surface area contributed by atoms with E-state index < -0.39 is 0 Å². The summed E-state index contributed by atoms with van der Waals surface area (Å²) in [5.41, 5.74) is 5.37. The van der Waals surface area contributed by atoms with E-state index in [1.54, 1.807) is 0 Å². The molecule has 3 aromatic rings. The fraction of sp³-hybridized carbons (Fsp3) is 0.389. The first kappa shape index (κ1) is 13.4. The number of aryl methyl sites for hydroxylation is 1. The minimum absolute atomic E-state index is 0.0274. The summed E-state index contributed by atoms with van der Waals surface area (Å²) >= 11 is 0. The number of fused-ring (bicyclic) bond motifs is 4. The molecule has 2 aromatic heterocycles. The first-order chi connectivity index (χ1) is 10.5. The Kier molecular flexibility index (Phi) is 2.68. The third kappa shape index (κ3) is 1.79. The van der Waals surface area contributed by atoms with Crippen molar-refractivity contribution in [1.82, 2.24) is 0 Å². The number of furan rings is 1. The van der Waals surface area contributed by atoms with E-state index in [0.717, 1.165) is 46.8 Å². The van der Waals surface area contributed by atoms with Gasteiger partial charge in [0.05, 0.1) is 6.26 Å². The Balaban J connectivity index is 2.14. The number of hydrogen-bond acceptors (Lipinski definition) is 4. The normalized spacial score (nSPS) is 15.9. The van der Waals surface area contributed by atoms with Crippen molar-refractivity contribution >= 4 is 21.9 Å². The maximum Gasteiger partial charge on any atom is 0.259 e. The van der Waals surface area contributed by atoms with Gasteiger partial charge in [0.2, 0.25) is 0 Å². The predicted octanol–water partition coefficient (Wildman–Crippen LogP) is 4.26. The van der Waals surface area contributed by atoms with E-state index in [-0.39, 0.29) is 5.41 Å². The second-order valence-corrected chi connectivity index (χ2v) is 7.06. The summed E-state index contributed by atoms with van der Waals surface area (Å²) in [6.07, 6.45) is 4.81. The number of hydrogen-bond donors (Lipinski definition) is 1. The molecule has 0 fully saturated rings. The van der Waals surface area contributed by atoms with E-state index in [2.05, 4.69) is 32.0 Å². The summed E-state index contributed by atoms with van der Waals surface area (Å²) in [7, 11) is 0. The number of nitrogens with zero attached hydrogens (tertiary/aromatic N) is 1. The van der Waals surface area contributed by atoms with Crippen LogP contribution in [0.1, 0.15) is 43.9 Å². The molecule has 0 unspecified atom stereocenters. The molecule has 22 heavy (non-hydrogen) atoms. The van der Waals surface area contributed by atoms with Crippen LogP contribution in [0.5, 0.6) is 0 Å². The van der Waals surface area contributed by atoms with Gasteiger partial charge in [0, 0.05) is 28.0 Å². The van der Waals surface area contributed by atoms with Gasteiger partial charge in [-0.2, -0.15) is 0 Å². The summed E-state index contributed by atoms with van der Waals surface area (Å²) in [6.45, 7) is 6.55. The van der Waals surface area contributed by atoms with E-state index in [0.29, 0.717) is 5.55 Å². The summed E-state index contributed by atoms with van der Waals surface area (Å²) in [4.78, 5) is 0. The van der Waals surface area contributed by atoms with Gasteiger partial charge in [-0.15, -0.1) is 0 Å². The van der Waals surface area contributed by atoms with Crippen LogP contribution in [0, 0.1) is 0 Å². The van der Waals surface area contributed by atoms with Crippen molar-refractivity contribution in [2.75, 3.05) is 0 Å². The standard InChI is InChI=1S/C18H19NO3/c1-18(2,3)14-9-21-15-8-16-12(7-13(14)15)10-5-4-6-11(10)17(19-20)22-16/h7-9,20H,4-6H2,1-3H3/b19-17-. The zero-order chi connectivity index (χ0) is 15.5. The molecule has 0 amide bonds. The molecule has 0 radical (unpaired) electrons. The average molecular weight is 297 g/mol. The fourth-order valence-electron chi connectivity index (χ4n) is 3.48. The Morgan fingerprint density at radius 3 is 2.55 bits per heavy atom. The van der Waals surface area contributed by atoms with Crippen LogP contribution in [-0.4, -0.2) is 5.21 Å². The number of benzene rings is 1. The van der Waals surface area contributed by atoms with Crippen LogP contribution in [0.15, 0.2) is 32.4 Å². The highest BCUT2D eigenvalue weighted by atomic mass is 16.5. The summed E-state index contributed by atoms with van der Waals surface area (Å²) in [5.74, 6) is 0. The Labute approximate surface area is 128 Å². The molecular formula is C18H19NO3. The number of rotatable bonds is 0. The second-order valence-electron chi connectivity index (χ2n) is 7.06. The van der Waals surface area contributed by atoms with E-state index >= 15 is 0 Å². The van der Waals surface area contributed by atoms with Crippen molar-refractivity contribution in [1.29, 1.82) is 0 Å². The molecule has 0 aliphatic heterocycles. The van der Waals surface area contributed by atoms with Crippen molar-refractivity contribution in [3.05, 3.63) is 40.6 Å². The fourth-order valence-corrected chi connectivity index (χ4v) is 3.48. The molecule has 1 aromatic carbocycles. The molecule has 4 rings (SSSR count). The molecule has 1 aliphatic carbocycles. The van der Waals surface area contributed by atoms with Gasteiger partial charge in [0.15, 0.2) is 0 Å². The van der Waals surface area contributed by atoms with Gasteiger partial charge in [0.25, 0.3) is 5.55 Å². The lowest BCUT2D eigenvalue weighted by Gasteiger charge is -2.16. The molecular weight excluding hydrogens is 278 g/mol. The topological polar surface area (TPSA) is 58.9 Å². The average Bonchev–Trinajstić information content (AvgIpc) is 3.09. The Morgan fingerprint density at radius 1 is 1.05 bits per heavy atom. The molecule has 0 spiro atoms. The molecule has 0 saturated heterocycles. The third-order valence-electron chi connectivity index (χ3n) is 4.58. The van der Waals surface area contributed by atoms with Gasteiger partial charge >= 0.3 is 0 Å². The molecule has 0 bridgehead atoms. The van der Waals surface area contributed by atoms with E-state index in [4.69, 9.17) is 8.83 Å². The highest BCUT2D eigenvalue weighted by Crippen LogP contribution is 2.36. The third-order valence-corrected chi connectivity index (χ3v) is 4.58. The maximum absolute atomic E-state index is 9.19. The first-order valence-corrected chi connectivity index (χ1v) is 7.67. The zero-order valence-electron chi connectivity index (χ0n) is 13.1. The molecule has 1 aliphatic rings. The first-order valence-electron chi connectivity index (χ1n) is 7.67. The van der Waals surface area contributed by atoms with Gasteiger partial charge in [-0.05, 0) is 41.5 Å². The Bertz CT molecular complexity index is 954. The van der Waals surface area contributed by atoms with Crippen molar-refractivity contribution in [2.24, 2.45) is 5.16 Å². The highest BCUT2D eigenvalue weighted by Gasteiger charge is 2.23. The minimum atomic E-state index is 0.0274. The van der Waals surface area contributed by atoms with Crippen LogP contribution >= 0.6 is 0 Å². The van der Waals surface area contributed by atoms with Crippen LogP contribution in [-0.2, 0) is 18.3 Å². The molecule has 114 valence electrons. The molecule has 4 heteroatoms. The van der Waals surface area contributed by atoms with Gasteiger partial charge in [0.1, 0.15) is 11.2 Å². The van der Waals surface area contributed by atoms with Gasteiger partial charge in [-0.3, -0.25) is 0 Å². The van der Waals surface area contributed by atoms with Crippen molar-refractivity contribution in [2.45, 2.75) is 45.4 Å². The zero-order valence-corrected chi connectivity index (χ0v) is 13.1. The van der Waals surface area contributed by atoms with Crippen LogP contribution < -0.4 is 5.55 Å². The lowest BCUT2D eigenvalue weighted by atomic mass is 9.86. The minimum Gasteiger partial charge on any atom is -0.464 e. The van der Waals surface area contributed by atoms with Crippen LogP contribution in [0.2, 0.25) is 0 Å². The lowest BCUT2D eigenvalue weighted by molar-refractivity contribution is 0.275. The summed E-state index contributed by atoms with van der Waals surface area (Å²) in [5, 5.41) is 14.8. The molecule has 4 nitrogen and oxygen atoms in total. The molecule has 1 N–H and O–H groups in total. The van der Waals surface area contributed by atoms with Gasteiger partial charge < -0.3 is 14.0 Å². The van der Waals surface area contributed by atoms with E-state index in [9.17, 15) is 5.21 Å². The quantitative estimate of drug-likeness (QED) is 0.498. The monoisotopic (exact) mass is 297 g/mol. The van der Waals surface area contributed by atoms with Crippen molar-refractivity contribution in [3.8, 4) is 0 Å². The molecule has 0 atom stereocenters. The van der Waals surface area contributed by atoms with E-state index in [1.807, 2.05) is 12.3 Å². The van der Waals surface area contributed by atoms with Gasteiger partial charge in [-0.1, -0.05) is 20.8 Å².